The normalized spacial score (nSPS) is 11.4. The molecule has 0 aliphatic heterocycles. The molecule has 0 fully saturated rings. The maximum absolute atomic E-state index is 12.3. The maximum Gasteiger partial charge on any atom is 0.339 e. The zero-order chi connectivity index (χ0) is 19.1. The highest BCUT2D eigenvalue weighted by atomic mass is 35.5. The number of benzene rings is 2. The van der Waals surface area contributed by atoms with Crippen LogP contribution in [0, 0.1) is 0 Å². The third-order valence-corrected chi connectivity index (χ3v) is 3.72. The molecule has 0 spiro atoms. The van der Waals surface area contributed by atoms with Crippen LogP contribution in [0.15, 0.2) is 42.5 Å². The Hall–Kier alpha value is -2.73. The molecule has 0 aliphatic carbocycles. The quantitative estimate of drug-likeness (QED) is 0.740. The van der Waals surface area contributed by atoms with Gasteiger partial charge in [-0.25, -0.2) is 4.79 Å². The second-order valence-electron chi connectivity index (χ2n) is 5.34. The van der Waals surface area contributed by atoms with E-state index in [4.69, 9.17) is 25.8 Å². The van der Waals surface area contributed by atoms with Crippen molar-refractivity contribution >= 4 is 29.2 Å². The molecular weight excluding hydrogens is 358 g/mol. The summed E-state index contributed by atoms with van der Waals surface area (Å²) in [7, 11) is 1.51. The lowest BCUT2D eigenvalue weighted by atomic mass is 10.2. The molecule has 1 atom stereocenters. The second-order valence-corrected chi connectivity index (χ2v) is 5.78. The number of carbonyl (C=O) groups excluding carboxylic acids is 2. The predicted molar refractivity (Wildman–Crippen MR) is 99.1 cm³/mol. The number of halogens is 1. The SMILES string of the molecule is CCOc1cc(C(=O)O[C@@H](C)C(=O)Nc2ccc(Cl)cc2)ccc1OC. The van der Waals surface area contributed by atoms with Gasteiger partial charge in [0.05, 0.1) is 19.3 Å². The fourth-order valence-corrected chi connectivity index (χ4v) is 2.26. The molecule has 0 saturated carbocycles. The van der Waals surface area contributed by atoms with Gasteiger partial charge >= 0.3 is 5.97 Å². The van der Waals surface area contributed by atoms with E-state index in [-0.39, 0.29) is 5.56 Å². The number of hydrogen-bond donors (Lipinski definition) is 1. The molecule has 0 radical (unpaired) electrons. The number of hydrogen-bond acceptors (Lipinski definition) is 5. The molecular formula is C19H20ClNO5. The molecule has 0 unspecified atom stereocenters. The fraction of sp³-hybridized carbons (Fsp3) is 0.263. The van der Waals surface area contributed by atoms with Crippen molar-refractivity contribution in [3.05, 3.63) is 53.1 Å². The number of nitrogens with one attached hydrogen (secondary N) is 1. The zero-order valence-corrected chi connectivity index (χ0v) is 15.5. The Balaban J connectivity index is 2.02. The first kappa shape index (κ1) is 19.6. The Bertz CT molecular complexity index is 776. The molecule has 7 heteroatoms. The number of carbonyl (C=O) groups is 2. The summed E-state index contributed by atoms with van der Waals surface area (Å²) >= 11 is 5.80. The van der Waals surface area contributed by atoms with E-state index in [1.54, 1.807) is 36.4 Å². The third kappa shape index (κ3) is 5.13. The molecule has 6 nitrogen and oxygen atoms in total. The highest BCUT2D eigenvalue weighted by Crippen LogP contribution is 2.28. The van der Waals surface area contributed by atoms with Gasteiger partial charge in [0.15, 0.2) is 17.6 Å². The van der Waals surface area contributed by atoms with Crippen molar-refractivity contribution in [3.8, 4) is 11.5 Å². The summed E-state index contributed by atoms with van der Waals surface area (Å²) in [5, 5.41) is 3.22. The highest BCUT2D eigenvalue weighted by molar-refractivity contribution is 6.30. The van der Waals surface area contributed by atoms with Gasteiger partial charge in [0, 0.05) is 10.7 Å². The van der Waals surface area contributed by atoms with Crippen molar-refractivity contribution < 1.29 is 23.8 Å². The summed E-state index contributed by atoms with van der Waals surface area (Å²) in [6.45, 7) is 3.75. The average molecular weight is 378 g/mol. The van der Waals surface area contributed by atoms with Crippen LogP contribution in [0.4, 0.5) is 5.69 Å². The van der Waals surface area contributed by atoms with Gasteiger partial charge in [-0.2, -0.15) is 0 Å². The number of rotatable bonds is 7. The largest absolute Gasteiger partial charge is 0.493 e. The van der Waals surface area contributed by atoms with E-state index in [1.165, 1.54) is 20.1 Å². The van der Waals surface area contributed by atoms with Gasteiger partial charge in [0.1, 0.15) is 0 Å². The summed E-state index contributed by atoms with van der Waals surface area (Å²) in [6, 6.07) is 11.3. The van der Waals surface area contributed by atoms with Crippen LogP contribution in [0.5, 0.6) is 11.5 Å². The standard InChI is InChI=1S/C19H20ClNO5/c1-4-25-17-11-13(5-10-16(17)24-3)19(23)26-12(2)18(22)21-15-8-6-14(20)7-9-15/h5-12H,4H2,1-3H3,(H,21,22)/t12-/m0/s1. The van der Waals surface area contributed by atoms with Gasteiger partial charge in [0.25, 0.3) is 5.91 Å². The summed E-state index contributed by atoms with van der Waals surface area (Å²) < 4.78 is 15.8. The number of amides is 1. The van der Waals surface area contributed by atoms with Crippen LogP contribution in [-0.4, -0.2) is 31.7 Å². The predicted octanol–water partition coefficient (Wildman–Crippen LogP) is 3.93. The zero-order valence-electron chi connectivity index (χ0n) is 14.7. The van der Waals surface area contributed by atoms with Crippen LogP contribution in [0.1, 0.15) is 24.2 Å². The van der Waals surface area contributed by atoms with Gasteiger partial charge in [-0.1, -0.05) is 11.6 Å². The van der Waals surface area contributed by atoms with E-state index in [1.807, 2.05) is 6.92 Å². The van der Waals surface area contributed by atoms with E-state index in [0.29, 0.717) is 28.8 Å². The molecule has 1 N–H and O–H groups in total. The first-order valence-corrected chi connectivity index (χ1v) is 8.40. The summed E-state index contributed by atoms with van der Waals surface area (Å²) in [5.74, 6) is -0.133. The van der Waals surface area contributed by atoms with Crippen molar-refractivity contribution in [1.29, 1.82) is 0 Å². The van der Waals surface area contributed by atoms with Gasteiger partial charge in [-0.3, -0.25) is 4.79 Å². The van der Waals surface area contributed by atoms with Crippen LogP contribution >= 0.6 is 11.6 Å². The van der Waals surface area contributed by atoms with E-state index < -0.39 is 18.0 Å². The second kappa shape index (κ2) is 9.10. The van der Waals surface area contributed by atoms with E-state index in [2.05, 4.69) is 5.32 Å². The molecule has 26 heavy (non-hydrogen) atoms. The Morgan fingerprint density at radius 2 is 1.81 bits per heavy atom. The van der Waals surface area contributed by atoms with Crippen molar-refractivity contribution in [3.63, 3.8) is 0 Å². The smallest absolute Gasteiger partial charge is 0.339 e. The topological polar surface area (TPSA) is 73.9 Å². The lowest BCUT2D eigenvalue weighted by Gasteiger charge is -2.15. The van der Waals surface area contributed by atoms with E-state index >= 15 is 0 Å². The first-order valence-electron chi connectivity index (χ1n) is 8.02. The summed E-state index contributed by atoms with van der Waals surface area (Å²) in [6.07, 6.45) is -0.976. The molecule has 138 valence electrons. The Morgan fingerprint density at radius 3 is 2.42 bits per heavy atom. The molecule has 2 aromatic rings. The van der Waals surface area contributed by atoms with Gasteiger partial charge in [-0.05, 0) is 56.3 Å². The molecule has 1 amide bonds. The highest BCUT2D eigenvalue weighted by Gasteiger charge is 2.20. The minimum Gasteiger partial charge on any atom is -0.493 e. The molecule has 0 saturated heterocycles. The number of anilines is 1. The lowest BCUT2D eigenvalue weighted by Crippen LogP contribution is -2.30. The Morgan fingerprint density at radius 1 is 1.12 bits per heavy atom. The average Bonchev–Trinajstić information content (AvgIpc) is 2.63. The minimum absolute atomic E-state index is 0.264. The van der Waals surface area contributed by atoms with Crippen molar-refractivity contribution in [2.75, 3.05) is 19.0 Å². The van der Waals surface area contributed by atoms with Crippen LogP contribution in [0.2, 0.25) is 5.02 Å². The van der Waals surface area contributed by atoms with Crippen LogP contribution in [0.25, 0.3) is 0 Å². The van der Waals surface area contributed by atoms with E-state index in [9.17, 15) is 9.59 Å². The van der Waals surface area contributed by atoms with Crippen LogP contribution in [0.3, 0.4) is 0 Å². The van der Waals surface area contributed by atoms with Gasteiger partial charge in [-0.15, -0.1) is 0 Å². The molecule has 0 heterocycles. The number of ether oxygens (including phenoxy) is 3. The molecule has 0 aliphatic rings. The van der Waals surface area contributed by atoms with Gasteiger partial charge < -0.3 is 19.5 Å². The van der Waals surface area contributed by atoms with E-state index in [0.717, 1.165) is 0 Å². The minimum atomic E-state index is -0.976. The monoisotopic (exact) mass is 377 g/mol. The number of esters is 1. The Kier molecular flexibility index (Phi) is 6.86. The maximum atomic E-state index is 12.3. The lowest BCUT2D eigenvalue weighted by molar-refractivity contribution is -0.123. The fourth-order valence-electron chi connectivity index (χ4n) is 2.13. The van der Waals surface area contributed by atoms with Crippen molar-refractivity contribution in [1.82, 2.24) is 0 Å². The summed E-state index contributed by atoms with van der Waals surface area (Å²) in [4.78, 5) is 24.5. The van der Waals surface area contributed by atoms with Crippen molar-refractivity contribution in [2.24, 2.45) is 0 Å². The van der Waals surface area contributed by atoms with Gasteiger partial charge in [0.2, 0.25) is 0 Å². The summed E-state index contributed by atoms with van der Waals surface area (Å²) in [5.41, 5.74) is 0.825. The molecule has 0 bridgehead atoms. The Labute approximate surface area is 157 Å². The third-order valence-electron chi connectivity index (χ3n) is 3.46. The van der Waals surface area contributed by atoms with Crippen molar-refractivity contribution in [2.45, 2.75) is 20.0 Å². The number of methoxy groups -OCH3 is 1. The first-order chi connectivity index (χ1) is 12.4. The molecule has 2 rings (SSSR count). The molecule has 2 aromatic carbocycles. The van der Waals surface area contributed by atoms with Crippen LogP contribution < -0.4 is 14.8 Å². The molecule has 0 aromatic heterocycles. The van der Waals surface area contributed by atoms with Crippen LogP contribution in [-0.2, 0) is 9.53 Å².